The smallest absolute Gasteiger partial charge is 0.191 e. The minimum atomic E-state index is 0.439. The van der Waals surface area contributed by atoms with Gasteiger partial charge in [0, 0.05) is 37.4 Å². The van der Waals surface area contributed by atoms with Crippen molar-refractivity contribution in [2.24, 2.45) is 7.05 Å². The first-order valence-corrected chi connectivity index (χ1v) is 10.4. The molecule has 0 N–H and O–H groups in total. The van der Waals surface area contributed by atoms with Crippen molar-refractivity contribution in [3.63, 3.8) is 0 Å². The van der Waals surface area contributed by atoms with E-state index in [2.05, 4.69) is 51.5 Å². The summed E-state index contributed by atoms with van der Waals surface area (Å²) in [5, 5.41) is 9.80. The van der Waals surface area contributed by atoms with Crippen LogP contribution in [0.1, 0.15) is 30.1 Å². The fraction of sp³-hybridized carbons (Fsp3) is 0.429. The number of piperidine rings is 1. The van der Waals surface area contributed by atoms with Gasteiger partial charge in [-0.15, -0.1) is 16.8 Å². The second-order valence-corrected chi connectivity index (χ2v) is 7.73. The van der Waals surface area contributed by atoms with Gasteiger partial charge in [0.2, 0.25) is 0 Å². The van der Waals surface area contributed by atoms with Crippen molar-refractivity contribution >= 4 is 17.8 Å². The largest absolute Gasteiger partial charge is 0.496 e. The van der Waals surface area contributed by atoms with E-state index in [0.717, 1.165) is 47.7 Å². The molecule has 1 atom stereocenters. The van der Waals surface area contributed by atoms with Gasteiger partial charge in [-0.2, -0.15) is 0 Å². The average molecular weight is 385 g/mol. The molecule has 5 nitrogen and oxygen atoms in total. The fourth-order valence-corrected chi connectivity index (χ4v) is 4.16. The summed E-state index contributed by atoms with van der Waals surface area (Å²) in [6, 6.07) is 8.10. The zero-order valence-corrected chi connectivity index (χ0v) is 17.0. The Morgan fingerprint density at radius 3 is 3.00 bits per heavy atom. The molecule has 0 bridgehead atoms. The van der Waals surface area contributed by atoms with E-state index in [4.69, 9.17) is 4.74 Å². The van der Waals surface area contributed by atoms with Crippen LogP contribution in [-0.4, -0.2) is 52.2 Å². The first-order chi connectivity index (χ1) is 13.2. The lowest BCUT2D eigenvalue weighted by atomic mass is 9.97. The normalized spacial score (nSPS) is 18.1. The highest BCUT2D eigenvalue weighted by molar-refractivity contribution is 7.99. The zero-order chi connectivity index (χ0) is 19.1. The molecule has 1 aromatic heterocycles. The summed E-state index contributed by atoms with van der Waals surface area (Å²) in [6.07, 6.45) is 8.63. The summed E-state index contributed by atoms with van der Waals surface area (Å²) in [4.78, 5) is 2.49. The Hall–Kier alpha value is -2.05. The molecule has 6 heteroatoms. The molecule has 0 saturated carbocycles. The van der Waals surface area contributed by atoms with Crippen molar-refractivity contribution < 1.29 is 4.74 Å². The van der Waals surface area contributed by atoms with Crippen molar-refractivity contribution in [3.8, 4) is 5.75 Å². The molecule has 0 amide bonds. The van der Waals surface area contributed by atoms with Crippen LogP contribution >= 0.6 is 11.8 Å². The van der Waals surface area contributed by atoms with Crippen molar-refractivity contribution in [1.82, 2.24) is 19.7 Å². The number of hydrogen-bond donors (Lipinski definition) is 0. The van der Waals surface area contributed by atoms with Gasteiger partial charge in [0.1, 0.15) is 11.6 Å². The molecule has 1 aromatic carbocycles. The number of rotatable bonds is 8. The van der Waals surface area contributed by atoms with Gasteiger partial charge in [0.25, 0.3) is 0 Å². The number of para-hydroxylation sites is 1. The molecule has 27 heavy (non-hydrogen) atoms. The van der Waals surface area contributed by atoms with Crippen LogP contribution in [0.5, 0.6) is 5.75 Å². The van der Waals surface area contributed by atoms with E-state index in [1.165, 1.54) is 12.8 Å². The van der Waals surface area contributed by atoms with Crippen LogP contribution in [0.4, 0.5) is 0 Å². The number of likely N-dealkylation sites (tertiary alicyclic amines) is 1. The lowest BCUT2D eigenvalue weighted by molar-refractivity contribution is 0.222. The maximum atomic E-state index is 5.42. The van der Waals surface area contributed by atoms with Gasteiger partial charge in [-0.1, -0.05) is 48.2 Å². The van der Waals surface area contributed by atoms with E-state index in [9.17, 15) is 0 Å². The van der Waals surface area contributed by atoms with E-state index in [0.29, 0.717) is 5.92 Å². The zero-order valence-electron chi connectivity index (χ0n) is 16.2. The monoisotopic (exact) mass is 384 g/mol. The van der Waals surface area contributed by atoms with Crippen LogP contribution < -0.4 is 4.74 Å². The molecular weight excluding hydrogens is 356 g/mol. The van der Waals surface area contributed by atoms with Crippen LogP contribution in [0.2, 0.25) is 0 Å². The SMILES string of the molecule is C=CCSc1nnc(C2CCCN(CC=Cc3ccccc3OC)C2)n1C. The lowest BCUT2D eigenvalue weighted by Crippen LogP contribution is -2.35. The Bertz CT molecular complexity index is 786. The first-order valence-electron chi connectivity index (χ1n) is 9.37. The predicted molar refractivity (Wildman–Crippen MR) is 112 cm³/mol. The minimum absolute atomic E-state index is 0.439. The molecule has 1 fully saturated rings. The predicted octanol–water partition coefficient (Wildman–Crippen LogP) is 3.99. The van der Waals surface area contributed by atoms with Crippen LogP contribution in [0.25, 0.3) is 6.08 Å². The topological polar surface area (TPSA) is 43.2 Å². The van der Waals surface area contributed by atoms with Crippen molar-refractivity contribution in [2.45, 2.75) is 23.9 Å². The molecule has 2 heterocycles. The molecule has 0 radical (unpaired) electrons. The molecule has 2 aromatic rings. The van der Waals surface area contributed by atoms with Gasteiger partial charge in [-0.05, 0) is 25.5 Å². The Labute approximate surface area is 166 Å². The van der Waals surface area contributed by atoms with Gasteiger partial charge < -0.3 is 9.30 Å². The summed E-state index contributed by atoms with van der Waals surface area (Å²) in [5.74, 6) is 3.30. The molecule has 0 aliphatic carbocycles. The highest BCUT2D eigenvalue weighted by Gasteiger charge is 2.25. The number of ether oxygens (including phenoxy) is 1. The average Bonchev–Trinajstić information content (AvgIpc) is 3.07. The highest BCUT2D eigenvalue weighted by Crippen LogP contribution is 2.28. The lowest BCUT2D eigenvalue weighted by Gasteiger charge is -2.31. The molecule has 1 aliphatic rings. The Kier molecular flexibility index (Phi) is 7.12. The van der Waals surface area contributed by atoms with E-state index in [-0.39, 0.29) is 0 Å². The summed E-state index contributed by atoms with van der Waals surface area (Å²) in [7, 11) is 3.78. The summed E-state index contributed by atoms with van der Waals surface area (Å²) in [5.41, 5.74) is 1.12. The third kappa shape index (κ3) is 5.02. The molecular formula is C21H28N4OS. The Morgan fingerprint density at radius 1 is 1.33 bits per heavy atom. The number of thioether (sulfide) groups is 1. The maximum absolute atomic E-state index is 5.42. The first kappa shape index (κ1) is 19.7. The number of nitrogens with zero attached hydrogens (tertiary/aromatic N) is 4. The third-order valence-electron chi connectivity index (χ3n) is 4.87. The molecule has 3 rings (SSSR count). The standard InChI is InChI=1S/C21H28N4OS/c1-4-15-27-21-23-22-20(24(21)2)18-11-8-14-25(16-18)13-7-10-17-9-5-6-12-19(17)26-3/h4-7,9-10,12,18H,1,8,11,13-16H2,2-3H3. The van der Waals surface area contributed by atoms with E-state index < -0.39 is 0 Å². The number of hydrogen-bond acceptors (Lipinski definition) is 5. The van der Waals surface area contributed by atoms with E-state index in [1.807, 2.05) is 24.3 Å². The Morgan fingerprint density at radius 2 is 2.19 bits per heavy atom. The summed E-state index contributed by atoms with van der Waals surface area (Å²) >= 11 is 1.68. The fourth-order valence-electron chi connectivity index (χ4n) is 3.51. The van der Waals surface area contributed by atoms with Crippen molar-refractivity contribution in [1.29, 1.82) is 0 Å². The third-order valence-corrected chi connectivity index (χ3v) is 5.89. The second kappa shape index (κ2) is 9.76. The number of methoxy groups -OCH3 is 1. The molecule has 1 unspecified atom stereocenters. The minimum Gasteiger partial charge on any atom is -0.496 e. The molecule has 1 aliphatic heterocycles. The van der Waals surface area contributed by atoms with Crippen molar-refractivity contribution in [2.75, 3.05) is 32.5 Å². The summed E-state index contributed by atoms with van der Waals surface area (Å²) in [6.45, 7) is 6.86. The van der Waals surface area contributed by atoms with Crippen LogP contribution in [0.15, 0.2) is 48.2 Å². The van der Waals surface area contributed by atoms with Crippen LogP contribution in [0, 0.1) is 0 Å². The molecule has 0 spiro atoms. The molecule has 1 saturated heterocycles. The maximum Gasteiger partial charge on any atom is 0.191 e. The van der Waals surface area contributed by atoms with Crippen LogP contribution in [0.3, 0.4) is 0 Å². The number of aromatic nitrogens is 3. The van der Waals surface area contributed by atoms with Gasteiger partial charge in [0.05, 0.1) is 7.11 Å². The quantitative estimate of drug-likeness (QED) is 0.508. The van der Waals surface area contributed by atoms with Gasteiger partial charge in [-0.3, -0.25) is 4.90 Å². The van der Waals surface area contributed by atoms with Gasteiger partial charge >= 0.3 is 0 Å². The van der Waals surface area contributed by atoms with Gasteiger partial charge in [-0.25, -0.2) is 0 Å². The molecule has 144 valence electrons. The second-order valence-electron chi connectivity index (χ2n) is 6.74. The van der Waals surface area contributed by atoms with Crippen molar-refractivity contribution in [3.05, 3.63) is 54.4 Å². The van der Waals surface area contributed by atoms with Crippen LogP contribution in [-0.2, 0) is 7.05 Å². The number of benzene rings is 1. The summed E-state index contributed by atoms with van der Waals surface area (Å²) < 4.78 is 7.56. The van der Waals surface area contributed by atoms with Gasteiger partial charge in [0.15, 0.2) is 5.16 Å². The van der Waals surface area contributed by atoms with E-state index >= 15 is 0 Å². The van der Waals surface area contributed by atoms with E-state index in [1.54, 1.807) is 18.9 Å². The Balaban J connectivity index is 1.60. The highest BCUT2D eigenvalue weighted by atomic mass is 32.2.